The maximum absolute atomic E-state index is 12.2. The van der Waals surface area contributed by atoms with Crippen LogP contribution in [0.3, 0.4) is 0 Å². The molecular formula is C17H14N6O3. The number of allylic oxidation sites excluding steroid dienone is 1. The number of nitrogens with zero attached hydrogens (tertiary/aromatic N) is 5. The van der Waals surface area contributed by atoms with Crippen molar-refractivity contribution >= 4 is 0 Å². The molecule has 1 aliphatic heterocycles. The lowest BCUT2D eigenvalue weighted by Gasteiger charge is -2.22. The number of rotatable bonds is 2. The van der Waals surface area contributed by atoms with Gasteiger partial charge in [0.25, 0.3) is 0 Å². The summed E-state index contributed by atoms with van der Waals surface area (Å²) in [7, 11) is 1.57. The smallest absolute Gasteiger partial charge is 0.246 e. The largest absolute Gasteiger partial charge is 0.539 e. The van der Waals surface area contributed by atoms with Gasteiger partial charge in [0, 0.05) is 0 Å². The fourth-order valence-electron chi connectivity index (χ4n) is 3.16. The Morgan fingerprint density at radius 2 is 2.08 bits per heavy atom. The molecular weight excluding hydrogens is 336 g/mol. The van der Waals surface area contributed by atoms with Crippen molar-refractivity contribution in [3.63, 3.8) is 0 Å². The van der Waals surface area contributed by atoms with Gasteiger partial charge in [0.05, 0.1) is 22.2 Å². The fourth-order valence-corrected chi connectivity index (χ4v) is 3.16. The number of aryl methyl sites for hydroxylation is 2. The normalized spacial score (nSPS) is 16.1. The average Bonchev–Trinajstić information content (AvgIpc) is 3.14. The fraction of sp³-hybridized carbons (Fsp3) is 0.176. The first kappa shape index (κ1) is 15.7. The molecule has 1 unspecified atom stereocenters. The molecule has 3 heterocycles. The lowest BCUT2D eigenvalue weighted by atomic mass is 9.87. The van der Waals surface area contributed by atoms with Crippen LogP contribution >= 0.6 is 0 Å². The third-order valence-electron chi connectivity index (χ3n) is 4.31. The highest BCUT2D eigenvalue weighted by atomic mass is 16.6. The molecule has 0 fully saturated rings. The van der Waals surface area contributed by atoms with E-state index >= 15 is 0 Å². The Kier molecular flexibility index (Phi) is 3.40. The minimum Gasteiger partial charge on any atom is -0.539 e. The molecule has 1 atom stereocenters. The van der Waals surface area contributed by atoms with Crippen molar-refractivity contribution in [2.75, 3.05) is 0 Å². The van der Waals surface area contributed by atoms with E-state index in [-0.39, 0.29) is 17.2 Å². The lowest BCUT2D eigenvalue weighted by Crippen LogP contribution is -2.38. The maximum Gasteiger partial charge on any atom is 0.246 e. The Hall–Kier alpha value is -3.80. The zero-order valence-corrected chi connectivity index (χ0v) is 14.0. The van der Waals surface area contributed by atoms with Gasteiger partial charge in [0.1, 0.15) is 17.6 Å². The number of aromatic nitrogens is 4. The van der Waals surface area contributed by atoms with Crippen LogP contribution in [0.25, 0.3) is 5.69 Å². The van der Waals surface area contributed by atoms with E-state index in [9.17, 15) is 10.4 Å². The third-order valence-corrected chi connectivity index (χ3v) is 4.31. The van der Waals surface area contributed by atoms with Crippen molar-refractivity contribution in [3.8, 4) is 23.6 Å². The number of nitriles is 1. The van der Waals surface area contributed by atoms with E-state index in [1.807, 2.05) is 36.4 Å². The van der Waals surface area contributed by atoms with Gasteiger partial charge < -0.3 is 20.1 Å². The highest BCUT2D eigenvalue weighted by Gasteiger charge is 2.42. The zero-order valence-electron chi connectivity index (χ0n) is 14.0. The Balaban J connectivity index is 2.01. The van der Waals surface area contributed by atoms with Gasteiger partial charge in [-0.3, -0.25) is 0 Å². The Morgan fingerprint density at radius 3 is 2.69 bits per heavy atom. The van der Waals surface area contributed by atoms with Crippen LogP contribution in [0.2, 0.25) is 0 Å². The SMILES string of the molecule is Cc1nn(-c2ccccc2)c2c1C(c1c([O-])on[n+]1C)C(C#N)=C(N)O2. The molecule has 0 amide bonds. The van der Waals surface area contributed by atoms with E-state index in [0.717, 1.165) is 5.69 Å². The Labute approximate surface area is 148 Å². The van der Waals surface area contributed by atoms with Crippen LogP contribution in [-0.2, 0) is 7.05 Å². The summed E-state index contributed by atoms with van der Waals surface area (Å²) in [6, 6.07) is 11.4. The second-order valence-electron chi connectivity index (χ2n) is 5.85. The van der Waals surface area contributed by atoms with Gasteiger partial charge in [-0.05, 0) is 19.1 Å². The molecule has 0 bridgehead atoms. The van der Waals surface area contributed by atoms with Crippen LogP contribution < -0.4 is 20.3 Å². The molecule has 130 valence electrons. The summed E-state index contributed by atoms with van der Waals surface area (Å²) in [5.74, 6) is -1.14. The van der Waals surface area contributed by atoms with Crippen molar-refractivity contribution in [2.24, 2.45) is 12.8 Å². The van der Waals surface area contributed by atoms with E-state index in [1.54, 1.807) is 18.7 Å². The summed E-state index contributed by atoms with van der Waals surface area (Å²) in [5, 5.41) is 30.0. The van der Waals surface area contributed by atoms with Crippen molar-refractivity contribution in [3.05, 3.63) is 58.7 Å². The summed E-state index contributed by atoms with van der Waals surface area (Å²) in [5.41, 5.74) is 8.24. The number of fused-ring (bicyclic) bond motifs is 1. The summed E-state index contributed by atoms with van der Waals surface area (Å²) >= 11 is 0. The van der Waals surface area contributed by atoms with Crippen molar-refractivity contribution in [2.45, 2.75) is 12.8 Å². The first-order valence-corrected chi connectivity index (χ1v) is 7.78. The highest BCUT2D eigenvalue weighted by Crippen LogP contribution is 2.45. The second kappa shape index (κ2) is 5.63. The number of hydrogen-bond acceptors (Lipinski definition) is 7. The average molecular weight is 350 g/mol. The standard InChI is InChI=1S/C17H14N6O3/c1-9-12-13(14-17(24)26-21-22(14)2)11(8-18)15(19)25-16(12)23(20-9)10-6-4-3-5-7-10/h3-7,13H,19H2,1-2H3. The maximum atomic E-state index is 12.2. The molecule has 0 aliphatic carbocycles. The molecule has 1 aromatic carbocycles. The molecule has 9 heteroatoms. The highest BCUT2D eigenvalue weighted by molar-refractivity contribution is 5.56. The molecule has 26 heavy (non-hydrogen) atoms. The monoisotopic (exact) mass is 350 g/mol. The van der Waals surface area contributed by atoms with Crippen molar-refractivity contribution in [1.82, 2.24) is 15.1 Å². The van der Waals surface area contributed by atoms with Crippen LogP contribution in [-0.4, -0.2) is 15.1 Å². The van der Waals surface area contributed by atoms with E-state index in [2.05, 4.69) is 10.4 Å². The van der Waals surface area contributed by atoms with Gasteiger partial charge in [0.15, 0.2) is 13.0 Å². The first-order chi connectivity index (χ1) is 12.5. The molecule has 3 aromatic rings. The summed E-state index contributed by atoms with van der Waals surface area (Å²) in [6.45, 7) is 1.78. The van der Waals surface area contributed by atoms with Gasteiger partial charge in [-0.1, -0.05) is 22.9 Å². The molecule has 0 saturated heterocycles. The van der Waals surface area contributed by atoms with Crippen LogP contribution in [0.5, 0.6) is 11.8 Å². The Bertz CT molecular complexity index is 1050. The zero-order chi connectivity index (χ0) is 18.4. The molecule has 1 aliphatic rings. The first-order valence-electron chi connectivity index (χ1n) is 7.78. The number of nitrogens with two attached hydrogens (primary N) is 1. The Morgan fingerprint density at radius 1 is 1.35 bits per heavy atom. The molecule has 4 rings (SSSR count). The molecule has 0 spiro atoms. The van der Waals surface area contributed by atoms with E-state index < -0.39 is 11.9 Å². The van der Waals surface area contributed by atoms with Crippen molar-refractivity contribution < 1.29 is 19.0 Å². The summed E-state index contributed by atoms with van der Waals surface area (Å²) in [4.78, 5) is 0. The predicted molar refractivity (Wildman–Crippen MR) is 84.7 cm³/mol. The third kappa shape index (κ3) is 2.12. The minimum atomic E-state index is -0.773. The van der Waals surface area contributed by atoms with E-state index in [0.29, 0.717) is 17.1 Å². The second-order valence-corrected chi connectivity index (χ2v) is 5.85. The van der Waals surface area contributed by atoms with Crippen LogP contribution in [0.1, 0.15) is 22.9 Å². The molecule has 2 aromatic heterocycles. The molecule has 9 nitrogen and oxygen atoms in total. The molecule has 0 saturated carbocycles. The van der Waals surface area contributed by atoms with Crippen LogP contribution in [0.15, 0.2) is 46.3 Å². The summed E-state index contributed by atoms with van der Waals surface area (Å²) < 4.78 is 13.4. The summed E-state index contributed by atoms with van der Waals surface area (Å²) in [6.07, 6.45) is 0. The van der Waals surface area contributed by atoms with Crippen LogP contribution in [0, 0.1) is 18.3 Å². The van der Waals surface area contributed by atoms with Gasteiger partial charge >= 0.3 is 0 Å². The van der Waals surface area contributed by atoms with E-state index in [4.69, 9.17) is 15.0 Å². The number of ether oxygens (including phenoxy) is 1. The quantitative estimate of drug-likeness (QED) is 0.657. The van der Waals surface area contributed by atoms with Gasteiger partial charge in [-0.2, -0.15) is 10.4 Å². The topological polar surface area (TPSA) is 130 Å². The van der Waals surface area contributed by atoms with E-state index in [1.165, 1.54) is 4.68 Å². The molecule has 0 radical (unpaired) electrons. The van der Waals surface area contributed by atoms with Crippen molar-refractivity contribution in [1.29, 1.82) is 5.26 Å². The minimum absolute atomic E-state index is 0.0809. The van der Waals surface area contributed by atoms with Crippen LogP contribution in [0.4, 0.5) is 0 Å². The number of hydrogen-bond donors (Lipinski definition) is 1. The van der Waals surface area contributed by atoms with Gasteiger partial charge in [-0.25, -0.2) is 4.68 Å². The van der Waals surface area contributed by atoms with Gasteiger partial charge in [0.2, 0.25) is 17.5 Å². The number of benzene rings is 1. The molecule has 2 N–H and O–H groups in total. The number of para-hydroxylation sites is 1. The van der Waals surface area contributed by atoms with Gasteiger partial charge in [-0.15, -0.1) is 0 Å². The predicted octanol–water partition coefficient (Wildman–Crippen LogP) is 0.285. The lowest BCUT2D eigenvalue weighted by molar-refractivity contribution is -0.746.